The quantitative estimate of drug-likeness (QED) is 0.638. The molecule has 0 aliphatic rings. The fourth-order valence-corrected chi connectivity index (χ4v) is 2.33. The van der Waals surface area contributed by atoms with Crippen molar-refractivity contribution in [2.24, 2.45) is 0 Å². The lowest BCUT2D eigenvalue weighted by atomic mass is 10.2. The SMILES string of the molecule is CN(C)c1ccc(NC(=O)COc2cccc([N+](=O)[O-])c2)cc1Cl. The highest BCUT2D eigenvalue weighted by molar-refractivity contribution is 6.33. The molecule has 0 spiro atoms. The Kier molecular flexibility index (Phi) is 5.59. The maximum atomic E-state index is 11.9. The zero-order chi connectivity index (χ0) is 17.7. The van der Waals surface area contributed by atoms with E-state index >= 15 is 0 Å². The second kappa shape index (κ2) is 7.65. The third-order valence-electron chi connectivity index (χ3n) is 3.11. The Morgan fingerprint density at radius 2 is 2.04 bits per heavy atom. The van der Waals surface area contributed by atoms with Gasteiger partial charge in [0.25, 0.3) is 11.6 Å². The number of nitrogens with one attached hydrogen (secondary N) is 1. The first kappa shape index (κ1) is 17.6. The number of rotatable bonds is 6. The van der Waals surface area contributed by atoms with Gasteiger partial charge in [0.2, 0.25) is 0 Å². The Bertz CT molecular complexity index is 765. The standard InChI is InChI=1S/C16H16ClN3O4/c1-19(2)15-7-6-11(8-14(15)17)18-16(21)10-24-13-5-3-4-12(9-13)20(22)23/h3-9H,10H2,1-2H3,(H,18,21). The van der Waals surface area contributed by atoms with Gasteiger partial charge in [-0.15, -0.1) is 0 Å². The van der Waals surface area contributed by atoms with E-state index in [-0.39, 0.29) is 18.0 Å². The van der Waals surface area contributed by atoms with E-state index in [1.165, 1.54) is 18.2 Å². The Morgan fingerprint density at radius 3 is 2.67 bits per heavy atom. The highest BCUT2D eigenvalue weighted by atomic mass is 35.5. The van der Waals surface area contributed by atoms with Crippen molar-refractivity contribution in [2.75, 3.05) is 30.9 Å². The van der Waals surface area contributed by atoms with E-state index in [2.05, 4.69) is 5.32 Å². The van der Waals surface area contributed by atoms with Gasteiger partial charge in [0.1, 0.15) is 5.75 Å². The third kappa shape index (κ3) is 4.60. The van der Waals surface area contributed by atoms with Crippen LogP contribution >= 0.6 is 11.6 Å². The molecular formula is C16H16ClN3O4. The summed E-state index contributed by atoms with van der Waals surface area (Å²) in [5.41, 5.74) is 1.28. The lowest BCUT2D eigenvalue weighted by Gasteiger charge is -2.15. The number of nitrogens with zero attached hydrogens (tertiary/aromatic N) is 2. The van der Waals surface area contributed by atoms with Gasteiger partial charge in [-0.2, -0.15) is 0 Å². The van der Waals surface area contributed by atoms with Gasteiger partial charge in [-0.3, -0.25) is 14.9 Å². The number of carbonyl (C=O) groups excluding carboxylic acids is 1. The molecule has 24 heavy (non-hydrogen) atoms. The molecule has 0 bridgehead atoms. The first-order valence-corrected chi connectivity index (χ1v) is 7.38. The molecule has 0 atom stereocenters. The van der Waals surface area contributed by atoms with Gasteiger partial charge in [0.15, 0.2) is 6.61 Å². The largest absolute Gasteiger partial charge is 0.484 e. The van der Waals surface area contributed by atoms with E-state index in [0.717, 1.165) is 5.69 Å². The van der Waals surface area contributed by atoms with Crippen molar-refractivity contribution in [1.29, 1.82) is 0 Å². The number of non-ortho nitro benzene ring substituents is 1. The molecule has 1 N–H and O–H groups in total. The number of anilines is 2. The van der Waals surface area contributed by atoms with Crippen LogP contribution in [0.4, 0.5) is 17.1 Å². The fourth-order valence-electron chi connectivity index (χ4n) is 1.98. The normalized spacial score (nSPS) is 10.1. The average molecular weight is 350 g/mol. The molecular weight excluding hydrogens is 334 g/mol. The number of nitro groups is 1. The Balaban J connectivity index is 1.95. The van der Waals surface area contributed by atoms with Crippen molar-refractivity contribution < 1.29 is 14.5 Å². The van der Waals surface area contributed by atoms with Crippen molar-refractivity contribution in [1.82, 2.24) is 0 Å². The average Bonchev–Trinajstić information content (AvgIpc) is 2.53. The van der Waals surface area contributed by atoms with Crippen LogP contribution in [-0.4, -0.2) is 31.5 Å². The van der Waals surface area contributed by atoms with Crippen molar-refractivity contribution in [3.63, 3.8) is 0 Å². The van der Waals surface area contributed by atoms with Gasteiger partial charge in [0, 0.05) is 25.8 Å². The van der Waals surface area contributed by atoms with Crippen LogP contribution in [0.3, 0.4) is 0 Å². The van der Waals surface area contributed by atoms with Crippen LogP contribution in [0.1, 0.15) is 0 Å². The topological polar surface area (TPSA) is 84.7 Å². The van der Waals surface area contributed by atoms with Gasteiger partial charge in [-0.1, -0.05) is 17.7 Å². The summed E-state index contributed by atoms with van der Waals surface area (Å²) < 4.78 is 5.27. The number of halogens is 1. The number of carbonyl (C=O) groups is 1. The Hall–Kier alpha value is -2.80. The van der Waals surface area contributed by atoms with E-state index in [0.29, 0.717) is 10.7 Å². The molecule has 0 radical (unpaired) electrons. The van der Waals surface area contributed by atoms with Gasteiger partial charge < -0.3 is 15.0 Å². The van der Waals surface area contributed by atoms with Crippen molar-refractivity contribution >= 4 is 34.6 Å². The van der Waals surface area contributed by atoms with Crippen LogP contribution in [0.25, 0.3) is 0 Å². The molecule has 0 aliphatic heterocycles. The molecule has 0 aliphatic carbocycles. The maximum absolute atomic E-state index is 11.9. The van der Waals surface area contributed by atoms with Crippen molar-refractivity contribution in [2.45, 2.75) is 0 Å². The summed E-state index contributed by atoms with van der Waals surface area (Å²) in [6.45, 7) is -0.270. The van der Waals surface area contributed by atoms with Crippen LogP contribution in [0.15, 0.2) is 42.5 Å². The molecule has 126 valence electrons. The molecule has 8 heteroatoms. The number of hydrogen-bond donors (Lipinski definition) is 1. The number of nitro benzene ring substituents is 1. The number of amides is 1. The van der Waals surface area contributed by atoms with Gasteiger partial charge in [-0.05, 0) is 24.3 Å². The number of hydrogen-bond acceptors (Lipinski definition) is 5. The Labute approximate surface area is 143 Å². The monoisotopic (exact) mass is 349 g/mol. The molecule has 0 fully saturated rings. The van der Waals surface area contributed by atoms with Crippen molar-refractivity contribution in [3.8, 4) is 5.75 Å². The van der Waals surface area contributed by atoms with E-state index in [1.807, 2.05) is 19.0 Å². The maximum Gasteiger partial charge on any atom is 0.273 e. The minimum absolute atomic E-state index is 0.0982. The molecule has 0 saturated heterocycles. The molecule has 2 rings (SSSR count). The van der Waals surface area contributed by atoms with E-state index in [1.54, 1.807) is 24.3 Å². The summed E-state index contributed by atoms with van der Waals surface area (Å²) in [6.07, 6.45) is 0. The van der Waals surface area contributed by atoms with Crippen LogP contribution in [0.5, 0.6) is 5.75 Å². The summed E-state index contributed by atoms with van der Waals surface area (Å²) in [5, 5.41) is 13.9. The molecule has 0 unspecified atom stereocenters. The minimum atomic E-state index is -0.527. The molecule has 1 amide bonds. The number of benzene rings is 2. The lowest BCUT2D eigenvalue weighted by Crippen LogP contribution is -2.20. The first-order chi connectivity index (χ1) is 11.4. The summed E-state index contributed by atoms with van der Waals surface area (Å²) in [6, 6.07) is 10.8. The zero-order valence-corrected chi connectivity index (χ0v) is 13.9. The summed E-state index contributed by atoms with van der Waals surface area (Å²) in [7, 11) is 3.73. The van der Waals surface area contributed by atoms with E-state index in [4.69, 9.17) is 16.3 Å². The molecule has 7 nitrogen and oxygen atoms in total. The van der Waals surface area contributed by atoms with Crippen LogP contribution in [0.2, 0.25) is 5.02 Å². The van der Waals surface area contributed by atoms with Crippen molar-refractivity contribution in [3.05, 3.63) is 57.6 Å². The first-order valence-electron chi connectivity index (χ1n) is 7.01. The van der Waals surface area contributed by atoms with Gasteiger partial charge >= 0.3 is 0 Å². The Morgan fingerprint density at radius 1 is 1.29 bits per heavy atom. The lowest BCUT2D eigenvalue weighted by molar-refractivity contribution is -0.384. The van der Waals surface area contributed by atoms with E-state index < -0.39 is 10.8 Å². The molecule has 0 aromatic heterocycles. The minimum Gasteiger partial charge on any atom is -0.484 e. The van der Waals surface area contributed by atoms with E-state index in [9.17, 15) is 14.9 Å². The predicted molar refractivity (Wildman–Crippen MR) is 93.0 cm³/mol. The molecule has 2 aromatic carbocycles. The second-order valence-corrected chi connectivity index (χ2v) is 5.56. The molecule has 2 aromatic rings. The van der Waals surface area contributed by atoms with Crippen LogP contribution in [0, 0.1) is 10.1 Å². The summed E-state index contributed by atoms with van der Waals surface area (Å²) in [5.74, 6) is -0.143. The van der Waals surface area contributed by atoms with Gasteiger partial charge in [0.05, 0.1) is 21.7 Å². The summed E-state index contributed by atoms with van der Waals surface area (Å²) >= 11 is 6.14. The highest BCUT2D eigenvalue weighted by Gasteiger charge is 2.10. The fraction of sp³-hybridized carbons (Fsp3) is 0.188. The second-order valence-electron chi connectivity index (χ2n) is 5.15. The summed E-state index contributed by atoms with van der Waals surface area (Å²) in [4.78, 5) is 23.9. The van der Waals surface area contributed by atoms with Crippen LogP contribution in [-0.2, 0) is 4.79 Å². The van der Waals surface area contributed by atoms with Gasteiger partial charge in [-0.25, -0.2) is 0 Å². The third-order valence-corrected chi connectivity index (χ3v) is 3.41. The molecule has 0 heterocycles. The highest BCUT2D eigenvalue weighted by Crippen LogP contribution is 2.27. The molecule has 0 saturated carbocycles. The smallest absolute Gasteiger partial charge is 0.273 e. The zero-order valence-electron chi connectivity index (χ0n) is 13.2. The number of ether oxygens (including phenoxy) is 1. The van der Waals surface area contributed by atoms with Crippen LogP contribution < -0.4 is 15.0 Å². The predicted octanol–water partition coefficient (Wildman–Crippen LogP) is 3.33.